The van der Waals surface area contributed by atoms with Gasteiger partial charge in [-0.05, 0) is 38.0 Å². The SMILES string of the molecule is C=C(C)C(=O)Oc1cc(CCNC(=O)NSC(F)(F)F)cc(OC(=O)C(=C)C)c1. The van der Waals surface area contributed by atoms with Crippen LogP contribution in [0.15, 0.2) is 42.5 Å². The van der Waals surface area contributed by atoms with E-state index in [1.165, 1.54) is 32.0 Å². The summed E-state index contributed by atoms with van der Waals surface area (Å²) in [6, 6.07) is 3.21. The van der Waals surface area contributed by atoms with Crippen LogP contribution in [0.3, 0.4) is 0 Å². The molecule has 0 fully saturated rings. The quantitative estimate of drug-likeness (QED) is 0.282. The van der Waals surface area contributed by atoms with Crippen molar-refractivity contribution in [3.63, 3.8) is 0 Å². The van der Waals surface area contributed by atoms with Crippen LogP contribution in [0, 0.1) is 0 Å². The molecule has 1 aromatic carbocycles. The van der Waals surface area contributed by atoms with Crippen molar-refractivity contribution in [3.8, 4) is 11.5 Å². The molecule has 0 aliphatic rings. The molecule has 0 radical (unpaired) electrons. The minimum absolute atomic E-state index is 0.0317. The van der Waals surface area contributed by atoms with Gasteiger partial charge in [-0.25, -0.2) is 14.4 Å². The summed E-state index contributed by atoms with van der Waals surface area (Å²) in [4.78, 5) is 34.8. The van der Waals surface area contributed by atoms with Gasteiger partial charge in [0.15, 0.2) is 0 Å². The van der Waals surface area contributed by atoms with Crippen molar-refractivity contribution >= 4 is 29.9 Å². The molecule has 2 N–H and O–H groups in total. The van der Waals surface area contributed by atoms with Crippen LogP contribution < -0.4 is 19.5 Å². The highest BCUT2D eigenvalue weighted by Gasteiger charge is 2.29. The van der Waals surface area contributed by atoms with Crippen LogP contribution in [0.2, 0.25) is 0 Å². The van der Waals surface area contributed by atoms with Gasteiger partial charge in [0.1, 0.15) is 11.5 Å². The van der Waals surface area contributed by atoms with Crippen molar-refractivity contribution < 1.29 is 37.0 Å². The zero-order valence-electron chi connectivity index (χ0n) is 15.6. The van der Waals surface area contributed by atoms with Crippen LogP contribution in [0.1, 0.15) is 19.4 Å². The number of halogens is 3. The maximum atomic E-state index is 12.0. The van der Waals surface area contributed by atoms with Gasteiger partial charge in [-0.2, -0.15) is 13.2 Å². The van der Waals surface area contributed by atoms with Crippen LogP contribution >= 0.6 is 11.9 Å². The van der Waals surface area contributed by atoms with E-state index in [0.717, 1.165) is 0 Å². The van der Waals surface area contributed by atoms with Gasteiger partial charge in [-0.1, -0.05) is 13.2 Å². The molecule has 1 aromatic rings. The molecule has 0 saturated heterocycles. The lowest BCUT2D eigenvalue weighted by Gasteiger charge is -2.12. The molecule has 0 atom stereocenters. The van der Waals surface area contributed by atoms with E-state index >= 15 is 0 Å². The third-order valence-electron chi connectivity index (χ3n) is 3.02. The number of benzene rings is 1. The first kappa shape index (κ1) is 24.1. The van der Waals surface area contributed by atoms with E-state index in [-0.39, 0.29) is 35.6 Å². The molecule has 0 aliphatic heterocycles. The largest absolute Gasteiger partial charge is 0.461 e. The Morgan fingerprint density at radius 2 is 1.48 bits per heavy atom. The lowest BCUT2D eigenvalue weighted by Crippen LogP contribution is -2.34. The van der Waals surface area contributed by atoms with Crippen molar-refractivity contribution in [3.05, 3.63) is 48.1 Å². The Morgan fingerprint density at radius 1 is 1.00 bits per heavy atom. The van der Waals surface area contributed by atoms with Gasteiger partial charge < -0.3 is 14.8 Å². The molecule has 0 aromatic heterocycles. The number of rotatable bonds is 8. The molecular formula is C18H19F3N2O5S. The zero-order chi connectivity index (χ0) is 22.2. The first-order valence-corrected chi connectivity index (χ1v) is 8.87. The fourth-order valence-electron chi connectivity index (χ4n) is 1.74. The van der Waals surface area contributed by atoms with E-state index in [1.54, 1.807) is 4.72 Å². The number of alkyl halides is 3. The second kappa shape index (κ2) is 10.6. The van der Waals surface area contributed by atoms with E-state index in [4.69, 9.17) is 9.47 Å². The molecule has 0 bridgehead atoms. The lowest BCUT2D eigenvalue weighted by molar-refractivity contribution is -0.130. The number of esters is 2. The van der Waals surface area contributed by atoms with Gasteiger partial charge in [0.2, 0.25) is 0 Å². The molecular weight excluding hydrogens is 413 g/mol. The van der Waals surface area contributed by atoms with Gasteiger partial charge in [0.25, 0.3) is 0 Å². The number of urea groups is 1. The highest BCUT2D eigenvalue weighted by Crippen LogP contribution is 2.27. The summed E-state index contributed by atoms with van der Waals surface area (Å²) >= 11 is -0.682. The van der Waals surface area contributed by atoms with Crippen molar-refractivity contribution in [2.45, 2.75) is 25.8 Å². The number of ether oxygens (including phenoxy) is 2. The lowest BCUT2D eigenvalue weighted by atomic mass is 10.1. The minimum Gasteiger partial charge on any atom is -0.423 e. The topological polar surface area (TPSA) is 93.7 Å². The van der Waals surface area contributed by atoms with Crippen LogP contribution in [0.25, 0.3) is 0 Å². The molecule has 1 rings (SSSR count). The summed E-state index contributed by atoms with van der Waals surface area (Å²) < 4.78 is 48.0. The summed E-state index contributed by atoms with van der Waals surface area (Å²) in [5.41, 5.74) is -3.81. The summed E-state index contributed by atoms with van der Waals surface area (Å²) in [5, 5.41) is 2.25. The Bertz CT molecular complexity index is 778. The standard InChI is InChI=1S/C18H19F3N2O5S/c1-10(2)15(24)27-13-7-12(8-14(9-13)28-16(25)11(3)4)5-6-22-17(26)23-29-18(19,20)21/h7-9H,1,3,5-6H2,2,4H3,(H2,22,23,26). The summed E-state index contributed by atoms with van der Waals surface area (Å²) in [6.45, 7) is 9.80. The zero-order valence-corrected chi connectivity index (χ0v) is 16.5. The highest BCUT2D eigenvalue weighted by atomic mass is 32.2. The van der Waals surface area contributed by atoms with E-state index in [0.29, 0.717) is 5.56 Å². The van der Waals surface area contributed by atoms with Crippen molar-refractivity contribution in [1.82, 2.24) is 10.0 Å². The van der Waals surface area contributed by atoms with Gasteiger partial charge in [0.05, 0.1) is 11.9 Å². The summed E-state index contributed by atoms with van der Waals surface area (Å²) in [7, 11) is 0. The molecule has 0 heterocycles. The number of amides is 2. The van der Waals surface area contributed by atoms with E-state index in [2.05, 4.69) is 18.5 Å². The minimum atomic E-state index is -4.60. The molecule has 0 spiro atoms. The van der Waals surface area contributed by atoms with Crippen molar-refractivity contribution in [2.24, 2.45) is 0 Å². The molecule has 7 nitrogen and oxygen atoms in total. The van der Waals surface area contributed by atoms with Gasteiger partial charge in [0, 0.05) is 23.8 Å². The number of hydrogen-bond donors (Lipinski definition) is 2. The molecule has 158 valence electrons. The second-order valence-electron chi connectivity index (χ2n) is 5.81. The van der Waals surface area contributed by atoms with Gasteiger partial charge >= 0.3 is 23.5 Å². The van der Waals surface area contributed by atoms with E-state index in [1.807, 2.05) is 0 Å². The number of carbonyl (C=O) groups is 3. The van der Waals surface area contributed by atoms with Crippen molar-refractivity contribution in [1.29, 1.82) is 0 Å². The molecule has 0 saturated carbocycles. The molecule has 0 unspecified atom stereocenters. The normalized spacial score (nSPS) is 10.7. The highest BCUT2D eigenvalue weighted by molar-refractivity contribution is 7.98. The van der Waals surface area contributed by atoms with Gasteiger partial charge in [-0.3, -0.25) is 4.72 Å². The molecule has 29 heavy (non-hydrogen) atoms. The summed E-state index contributed by atoms with van der Waals surface area (Å²) in [5.74, 6) is -1.25. The Kier molecular flexibility index (Phi) is 8.77. The second-order valence-corrected chi connectivity index (χ2v) is 6.68. The Hall–Kier alpha value is -2.95. The Morgan fingerprint density at radius 3 is 1.90 bits per heavy atom. The average molecular weight is 432 g/mol. The maximum absolute atomic E-state index is 12.0. The number of nitrogens with one attached hydrogen (secondary N) is 2. The van der Waals surface area contributed by atoms with E-state index in [9.17, 15) is 27.6 Å². The predicted octanol–water partition coefficient (Wildman–Crippen LogP) is 3.66. The molecule has 0 aliphatic carbocycles. The number of carbonyl (C=O) groups excluding carboxylic acids is 3. The van der Waals surface area contributed by atoms with E-state index < -0.39 is 35.4 Å². The fraction of sp³-hybridized carbons (Fsp3) is 0.278. The summed E-state index contributed by atoms with van der Waals surface area (Å²) in [6.07, 6.45) is 0.153. The van der Waals surface area contributed by atoms with Gasteiger partial charge in [-0.15, -0.1) is 0 Å². The smallest absolute Gasteiger partial charge is 0.423 e. The fourth-order valence-corrected chi connectivity index (χ4v) is 2.02. The van der Waals surface area contributed by atoms with Crippen LogP contribution in [-0.4, -0.2) is 30.0 Å². The average Bonchev–Trinajstić information content (AvgIpc) is 2.59. The third kappa shape index (κ3) is 9.70. The predicted molar refractivity (Wildman–Crippen MR) is 101 cm³/mol. The van der Waals surface area contributed by atoms with Crippen LogP contribution in [0.4, 0.5) is 18.0 Å². The molecule has 11 heteroatoms. The first-order valence-electron chi connectivity index (χ1n) is 8.05. The Balaban J connectivity index is 2.84. The Labute approximate surface area is 169 Å². The maximum Gasteiger partial charge on any atom is 0.461 e. The first-order chi connectivity index (χ1) is 13.4. The third-order valence-corrected chi connectivity index (χ3v) is 3.54. The number of hydrogen-bond acceptors (Lipinski definition) is 6. The monoisotopic (exact) mass is 432 g/mol. The molecule has 2 amide bonds. The van der Waals surface area contributed by atoms with Crippen molar-refractivity contribution in [2.75, 3.05) is 6.54 Å². The van der Waals surface area contributed by atoms with Crippen LogP contribution in [-0.2, 0) is 16.0 Å². The van der Waals surface area contributed by atoms with Crippen LogP contribution in [0.5, 0.6) is 11.5 Å².